The van der Waals surface area contributed by atoms with E-state index < -0.39 is 24.7 Å². The highest BCUT2D eigenvalue weighted by Crippen LogP contribution is 2.25. The van der Waals surface area contributed by atoms with Gasteiger partial charge in [-0.25, -0.2) is 0 Å². The van der Waals surface area contributed by atoms with Gasteiger partial charge in [-0.1, -0.05) is 19.1 Å². The number of benzene rings is 1. The number of rotatable bonds is 5. The number of ether oxygens (including phenoxy) is 1. The fourth-order valence-electron chi connectivity index (χ4n) is 2.93. The van der Waals surface area contributed by atoms with E-state index in [-0.39, 0.29) is 11.7 Å². The van der Waals surface area contributed by atoms with Gasteiger partial charge in [-0.05, 0) is 30.0 Å². The Labute approximate surface area is 132 Å². The molecule has 0 bridgehead atoms. The second-order valence-electron chi connectivity index (χ2n) is 6.12. The molecule has 1 N–H and O–H groups in total. The number of halogens is 3. The minimum absolute atomic E-state index is 0.166. The van der Waals surface area contributed by atoms with Crippen LogP contribution in [0.3, 0.4) is 0 Å². The van der Waals surface area contributed by atoms with Gasteiger partial charge in [0.1, 0.15) is 5.75 Å². The van der Waals surface area contributed by atoms with Crippen LogP contribution < -0.4 is 4.74 Å². The summed E-state index contributed by atoms with van der Waals surface area (Å²) in [7, 11) is 0. The van der Waals surface area contributed by atoms with Gasteiger partial charge in [0.15, 0.2) is 6.61 Å². The van der Waals surface area contributed by atoms with E-state index in [1.165, 1.54) is 6.07 Å². The summed E-state index contributed by atoms with van der Waals surface area (Å²) in [6.45, 7) is 2.41. The SMILES string of the molecule is CC1CC(C(=O)O)CN(Cc2cccc(OCC(F)(F)F)c2)C1. The van der Waals surface area contributed by atoms with Crippen molar-refractivity contribution >= 4 is 5.97 Å². The molecule has 7 heteroatoms. The molecule has 2 atom stereocenters. The Morgan fingerprint density at radius 2 is 2.13 bits per heavy atom. The van der Waals surface area contributed by atoms with Crippen LogP contribution >= 0.6 is 0 Å². The van der Waals surface area contributed by atoms with E-state index in [9.17, 15) is 23.1 Å². The molecule has 0 aromatic heterocycles. The molecular weight excluding hydrogens is 311 g/mol. The molecule has 2 unspecified atom stereocenters. The van der Waals surface area contributed by atoms with Crippen LogP contribution in [0.2, 0.25) is 0 Å². The van der Waals surface area contributed by atoms with Crippen molar-refractivity contribution in [3.63, 3.8) is 0 Å². The minimum Gasteiger partial charge on any atom is -0.484 e. The summed E-state index contributed by atoms with van der Waals surface area (Å²) in [6.07, 6.45) is -3.71. The first-order valence-corrected chi connectivity index (χ1v) is 7.46. The van der Waals surface area contributed by atoms with Crippen LogP contribution in [0.1, 0.15) is 18.9 Å². The molecule has 23 heavy (non-hydrogen) atoms. The van der Waals surface area contributed by atoms with Gasteiger partial charge >= 0.3 is 12.1 Å². The first-order chi connectivity index (χ1) is 10.7. The molecule has 1 aromatic carbocycles. The number of carbonyl (C=O) groups is 1. The van der Waals surface area contributed by atoms with Gasteiger partial charge in [0.2, 0.25) is 0 Å². The van der Waals surface area contributed by atoms with E-state index in [1.54, 1.807) is 18.2 Å². The molecule has 2 rings (SSSR count). The number of alkyl halides is 3. The first kappa shape index (κ1) is 17.6. The van der Waals surface area contributed by atoms with Crippen molar-refractivity contribution in [2.75, 3.05) is 19.7 Å². The molecule has 4 nitrogen and oxygen atoms in total. The van der Waals surface area contributed by atoms with Gasteiger partial charge in [0.05, 0.1) is 5.92 Å². The number of carboxylic acid groups (broad SMARTS) is 1. The smallest absolute Gasteiger partial charge is 0.422 e. The average Bonchev–Trinajstić information content (AvgIpc) is 2.44. The number of likely N-dealkylation sites (tertiary alicyclic amines) is 1. The maximum absolute atomic E-state index is 12.2. The topological polar surface area (TPSA) is 49.8 Å². The Kier molecular flexibility index (Phi) is 5.51. The standard InChI is InChI=1S/C16H20F3NO3/c1-11-5-13(15(21)22)9-20(7-11)8-12-3-2-4-14(6-12)23-10-16(17,18)19/h2-4,6,11,13H,5,7-10H2,1H3,(H,21,22). The highest BCUT2D eigenvalue weighted by molar-refractivity contribution is 5.70. The molecule has 128 valence electrons. The molecule has 1 aliphatic heterocycles. The largest absolute Gasteiger partial charge is 0.484 e. The van der Waals surface area contributed by atoms with Crippen LogP contribution in [0.5, 0.6) is 5.75 Å². The zero-order valence-corrected chi connectivity index (χ0v) is 12.8. The zero-order chi connectivity index (χ0) is 17.0. The van der Waals surface area contributed by atoms with E-state index in [4.69, 9.17) is 4.74 Å². The van der Waals surface area contributed by atoms with Gasteiger partial charge < -0.3 is 9.84 Å². The third kappa shape index (κ3) is 5.74. The summed E-state index contributed by atoms with van der Waals surface area (Å²) in [4.78, 5) is 13.2. The van der Waals surface area contributed by atoms with Crippen molar-refractivity contribution in [3.8, 4) is 5.75 Å². The Balaban J connectivity index is 1.98. The van der Waals surface area contributed by atoms with Crippen LogP contribution in [0.4, 0.5) is 13.2 Å². The van der Waals surface area contributed by atoms with Crippen molar-refractivity contribution in [2.24, 2.45) is 11.8 Å². The van der Waals surface area contributed by atoms with Crippen molar-refractivity contribution < 1.29 is 27.8 Å². The van der Waals surface area contributed by atoms with E-state index >= 15 is 0 Å². The summed E-state index contributed by atoms with van der Waals surface area (Å²) in [6, 6.07) is 6.49. The lowest BCUT2D eigenvalue weighted by molar-refractivity contribution is -0.153. The van der Waals surface area contributed by atoms with Gasteiger partial charge in [-0.15, -0.1) is 0 Å². The van der Waals surface area contributed by atoms with Gasteiger partial charge in [-0.2, -0.15) is 13.2 Å². The van der Waals surface area contributed by atoms with Crippen molar-refractivity contribution in [1.29, 1.82) is 0 Å². The van der Waals surface area contributed by atoms with Crippen LogP contribution in [0.15, 0.2) is 24.3 Å². The normalized spacial score (nSPS) is 22.8. The average molecular weight is 331 g/mol. The summed E-state index contributed by atoms with van der Waals surface area (Å²) >= 11 is 0. The van der Waals surface area contributed by atoms with Gasteiger partial charge in [0, 0.05) is 19.6 Å². The number of hydrogen-bond acceptors (Lipinski definition) is 3. The van der Waals surface area contributed by atoms with Crippen LogP contribution in [0, 0.1) is 11.8 Å². The number of nitrogens with zero attached hydrogens (tertiary/aromatic N) is 1. The highest BCUT2D eigenvalue weighted by atomic mass is 19.4. The van der Waals surface area contributed by atoms with Gasteiger partial charge in [0.25, 0.3) is 0 Å². The lowest BCUT2D eigenvalue weighted by atomic mass is 9.90. The molecule has 1 heterocycles. The first-order valence-electron chi connectivity index (χ1n) is 7.46. The Morgan fingerprint density at radius 1 is 1.39 bits per heavy atom. The Morgan fingerprint density at radius 3 is 2.78 bits per heavy atom. The van der Waals surface area contributed by atoms with E-state index in [2.05, 4.69) is 0 Å². The predicted octanol–water partition coefficient (Wildman–Crippen LogP) is 3.17. The maximum Gasteiger partial charge on any atom is 0.422 e. The van der Waals surface area contributed by atoms with Crippen LogP contribution in [-0.2, 0) is 11.3 Å². The monoisotopic (exact) mass is 331 g/mol. The van der Waals surface area contributed by atoms with E-state index in [0.717, 1.165) is 12.1 Å². The molecule has 0 spiro atoms. The molecule has 1 saturated heterocycles. The number of piperidine rings is 1. The fraction of sp³-hybridized carbons (Fsp3) is 0.562. The molecule has 0 amide bonds. The molecule has 0 saturated carbocycles. The zero-order valence-electron chi connectivity index (χ0n) is 12.8. The third-order valence-corrected chi connectivity index (χ3v) is 3.79. The molecule has 1 fully saturated rings. The second kappa shape index (κ2) is 7.21. The Bertz CT molecular complexity index is 548. The van der Waals surface area contributed by atoms with Crippen molar-refractivity contribution in [3.05, 3.63) is 29.8 Å². The molecular formula is C16H20F3NO3. The molecule has 0 aliphatic carbocycles. The summed E-state index contributed by atoms with van der Waals surface area (Å²) in [5.74, 6) is -0.763. The number of hydrogen-bond donors (Lipinski definition) is 1. The van der Waals surface area contributed by atoms with Crippen molar-refractivity contribution in [2.45, 2.75) is 26.1 Å². The summed E-state index contributed by atoms with van der Waals surface area (Å²) in [5.41, 5.74) is 0.808. The third-order valence-electron chi connectivity index (χ3n) is 3.79. The lowest BCUT2D eigenvalue weighted by Gasteiger charge is -2.34. The minimum atomic E-state index is -4.37. The predicted molar refractivity (Wildman–Crippen MR) is 78.2 cm³/mol. The number of aliphatic carboxylic acids is 1. The van der Waals surface area contributed by atoms with Crippen LogP contribution in [0.25, 0.3) is 0 Å². The molecule has 0 radical (unpaired) electrons. The fourth-order valence-corrected chi connectivity index (χ4v) is 2.93. The van der Waals surface area contributed by atoms with E-state index in [1.807, 2.05) is 11.8 Å². The molecule has 1 aromatic rings. The van der Waals surface area contributed by atoms with Gasteiger partial charge in [-0.3, -0.25) is 9.69 Å². The van der Waals surface area contributed by atoms with Crippen LogP contribution in [-0.4, -0.2) is 41.8 Å². The Hall–Kier alpha value is -1.76. The number of carboxylic acids is 1. The summed E-state index contributed by atoms with van der Waals surface area (Å²) < 4.78 is 41.3. The lowest BCUT2D eigenvalue weighted by Crippen LogP contribution is -2.41. The summed E-state index contributed by atoms with van der Waals surface area (Å²) in [5, 5.41) is 9.18. The van der Waals surface area contributed by atoms with E-state index in [0.29, 0.717) is 19.5 Å². The van der Waals surface area contributed by atoms with Crippen molar-refractivity contribution in [1.82, 2.24) is 4.90 Å². The quantitative estimate of drug-likeness (QED) is 0.900. The molecule has 1 aliphatic rings. The maximum atomic E-state index is 12.2. The highest BCUT2D eigenvalue weighted by Gasteiger charge is 2.30. The second-order valence-corrected chi connectivity index (χ2v) is 6.12.